The highest BCUT2D eigenvalue weighted by Gasteiger charge is 2.36. The highest BCUT2D eigenvalue weighted by Crippen LogP contribution is 2.24. The van der Waals surface area contributed by atoms with E-state index in [2.05, 4.69) is 24.4 Å². The van der Waals surface area contributed by atoms with E-state index in [9.17, 15) is 9.59 Å². The summed E-state index contributed by atoms with van der Waals surface area (Å²) in [5.74, 6) is -1.27. The van der Waals surface area contributed by atoms with Crippen LogP contribution in [0, 0.1) is 0 Å². The van der Waals surface area contributed by atoms with Crippen LogP contribution in [-0.4, -0.2) is 29.2 Å². The van der Waals surface area contributed by atoms with Gasteiger partial charge in [-0.3, -0.25) is 4.79 Å². The van der Waals surface area contributed by atoms with Crippen LogP contribution in [0.2, 0.25) is 0 Å². The van der Waals surface area contributed by atoms with E-state index in [-0.39, 0.29) is 5.91 Å². The molecule has 2 N–H and O–H groups in total. The van der Waals surface area contributed by atoms with E-state index in [1.807, 2.05) is 26.0 Å². The predicted molar refractivity (Wildman–Crippen MR) is 82.5 cm³/mol. The van der Waals surface area contributed by atoms with Crippen molar-refractivity contribution in [3.63, 3.8) is 0 Å². The number of carbonyl (C=O) groups is 2. The minimum Gasteiger partial charge on any atom is -0.479 e. The van der Waals surface area contributed by atoms with Gasteiger partial charge in [0.1, 0.15) is 6.10 Å². The Hall–Kier alpha value is -1.88. The Balaban J connectivity index is 2.01. The van der Waals surface area contributed by atoms with Gasteiger partial charge in [0.05, 0.1) is 5.54 Å². The lowest BCUT2D eigenvalue weighted by atomic mass is 9.92. The Kier molecular flexibility index (Phi) is 4.86. The fourth-order valence-electron chi connectivity index (χ4n) is 2.63. The molecule has 1 heterocycles. The van der Waals surface area contributed by atoms with Crippen LogP contribution in [0.5, 0.6) is 0 Å². The average molecular weight is 305 g/mol. The smallest absolute Gasteiger partial charge is 0.332 e. The Morgan fingerprint density at radius 3 is 2.32 bits per heavy atom. The van der Waals surface area contributed by atoms with E-state index in [0.29, 0.717) is 12.8 Å². The molecule has 2 atom stereocenters. The standard InChI is InChI=1S/C17H23NO4/c1-4-11-5-7-12(8-6-11)17(2,3)18-15(19)13-9-10-14(22-13)16(20)21/h5-8,13-14H,4,9-10H2,1-3H3,(H,18,19)(H,20,21)/t13-,14+/m0/s1. The van der Waals surface area contributed by atoms with Gasteiger partial charge in [-0.25, -0.2) is 4.79 Å². The lowest BCUT2D eigenvalue weighted by molar-refractivity contribution is -0.152. The topological polar surface area (TPSA) is 75.6 Å². The summed E-state index contributed by atoms with van der Waals surface area (Å²) in [6.45, 7) is 5.95. The predicted octanol–water partition coefficient (Wildman–Crippen LogP) is 2.23. The zero-order chi connectivity index (χ0) is 16.3. The maximum absolute atomic E-state index is 12.3. The number of aryl methyl sites for hydroxylation is 1. The highest BCUT2D eigenvalue weighted by molar-refractivity contribution is 5.83. The summed E-state index contributed by atoms with van der Waals surface area (Å²) in [5.41, 5.74) is 1.72. The molecule has 0 unspecified atom stereocenters. The number of carboxylic acids is 1. The number of ether oxygens (including phenoxy) is 1. The molecule has 1 aromatic carbocycles. The van der Waals surface area contributed by atoms with Gasteiger partial charge in [-0.2, -0.15) is 0 Å². The number of amides is 1. The van der Waals surface area contributed by atoms with Crippen molar-refractivity contribution in [3.8, 4) is 0 Å². The third kappa shape index (κ3) is 3.65. The summed E-state index contributed by atoms with van der Waals surface area (Å²) in [6, 6.07) is 8.12. The van der Waals surface area contributed by atoms with Crippen LogP contribution in [0.15, 0.2) is 24.3 Å². The fraction of sp³-hybridized carbons (Fsp3) is 0.529. The normalized spacial score (nSPS) is 21.6. The Morgan fingerprint density at radius 2 is 1.82 bits per heavy atom. The summed E-state index contributed by atoms with van der Waals surface area (Å²) in [6.07, 6.45) is 0.227. The number of carbonyl (C=O) groups excluding carboxylic acids is 1. The number of aliphatic carboxylic acids is 1. The van der Waals surface area contributed by atoms with Crippen molar-refractivity contribution < 1.29 is 19.4 Å². The van der Waals surface area contributed by atoms with Crippen LogP contribution in [0.25, 0.3) is 0 Å². The van der Waals surface area contributed by atoms with Gasteiger partial charge in [0.15, 0.2) is 6.10 Å². The molecule has 0 aliphatic carbocycles. The van der Waals surface area contributed by atoms with Crippen molar-refractivity contribution in [1.82, 2.24) is 5.32 Å². The summed E-state index contributed by atoms with van der Waals surface area (Å²) >= 11 is 0. The van der Waals surface area contributed by atoms with Crippen molar-refractivity contribution >= 4 is 11.9 Å². The molecular weight excluding hydrogens is 282 g/mol. The van der Waals surface area contributed by atoms with Crippen LogP contribution in [0.1, 0.15) is 44.7 Å². The monoisotopic (exact) mass is 305 g/mol. The third-order valence-corrected chi connectivity index (χ3v) is 4.11. The van der Waals surface area contributed by atoms with E-state index in [1.165, 1.54) is 5.56 Å². The van der Waals surface area contributed by atoms with E-state index in [1.54, 1.807) is 0 Å². The molecule has 1 aromatic rings. The Bertz CT molecular complexity index is 550. The number of rotatable bonds is 5. The second-order valence-electron chi connectivity index (χ2n) is 6.19. The lowest BCUT2D eigenvalue weighted by Crippen LogP contribution is -2.46. The second kappa shape index (κ2) is 6.48. The van der Waals surface area contributed by atoms with E-state index < -0.39 is 23.7 Å². The first-order valence-electron chi connectivity index (χ1n) is 7.63. The first-order valence-corrected chi connectivity index (χ1v) is 7.63. The van der Waals surface area contributed by atoms with Gasteiger partial charge < -0.3 is 15.2 Å². The number of nitrogens with one attached hydrogen (secondary N) is 1. The SMILES string of the molecule is CCc1ccc(C(C)(C)NC(=O)[C@@H]2CC[C@H](C(=O)O)O2)cc1. The van der Waals surface area contributed by atoms with Crippen molar-refractivity contribution in [2.45, 2.75) is 57.8 Å². The molecule has 0 spiro atoms. The quantitative estimate of drug-likeness (QED) is 0.874. The van der Waals surface area contributed by atoms with Gasteiger partial charge in [-0.05, 0) is 44.2 Å². The minimum absolute atomic E-state index is 0.256. The molecule has 22 heavy (non-hydrogen) atoms. The van der Waals surface area contributed by atoms with Crippen molar-refractivity contribution in [1.29, 1.82) is 0 Å². The fourth-order valence-corrected chi connectivity index (χ4v) is 2.63. The molecule has 1 aliphatic heterocycles. The number of hydrogen-bond donors (Lipinski definition) is 2. The molecule has 1 aliphatic rings. The third-order valence-electron chi connectivity index (χ3n) is 4.11. The van der Waals surface area contributed by atoms with Gasteiger partial charge in [-0.15, -0.1) is 0 Å². The maximum atomic E-state index is 12.3. The molecule has 5 nitrogen and oxygen atoms in total. The van der Waals surface area contributed by atoms with Gasteiger partial charge in [0.2, 0.25) is 5.91 Å². The van der Waals surface area contributed by atoms with Crippen LogP contribution in [-0.2, 0) is 26.3 Å². The molecule has 5 heteroatoms. The van der Waals surface area contributed by atoms with E-state index >= 15 is 0 Å². The summed E-state index contributed by atoms with van der Waals surface area (Å²) in [5, 5.41) is 11.9. The zero-order valence-corrected chi connectivity index (χ0v) is 13.3. The molecular formula is C17H23NO4. The second-order valence-corrected chi connectivity index (χ2v) is 6.19. The van der Waals surface area contributed by atoms with Gasteiger partial charge >= 0.3 is 5.97 Å². The van der Waals surface area contributed by atoms with Gasteiger partial charge in [0, 0.05) is 0 Å². The molecule has 0 saturated carbocycles. The molecule has 120 valence electrons. The number of hydrogen-bond acceptors (Lipinski definition) is 3. The van der Waals surface area contributed by atoms with Crippen LogP contribution in [0.4, 0.5) is 0 Å². The van der Waals surface area contributed by atoms with Gasteiger partial charge in [-0.1, -0.05) is 31.2 Å². The van der Waals surface area contributed by atoms with Crippen LogP contribution in [0.3, 0.4) is 0 Å². The maximum Gasteiger partial charge on any atom is 0.332 e. The van der Waals surface area contributed by atoms with Crippen molar-refractivity contribution in [3.05, 3.63) is 35.4 Å². The largest absolute Gasteiger partial charge is 0.479 e. The molecule has 1 amide bonds. The Morgan fingerprint density at radius 1 is 1.23 bits per heavy atom. The molecule has 1 fully saturated rings. The first-order chi connectivity index (χ1) is 10.3. The number of carboxylic acid groups (broad SMARTS) is 1. The molecule has 0 radical (unpaired) electrons. The average Bonchev–Trinajstić information content (AvgIpc) is 2.97. The summed E-state index contributed by atoms with van der Waals surface area (Å²) in [7, 11) is 0. The van der Waals surface area contributed by atoms with E-state index in [0.717, 1.165) is 12.0 Å². The van der Waals surface area contributed by atoms with E-state index in [4.69, 9.17) is 9.84 Å². The van der Waals surface area contributed by atoms with Crippen molar-refractivity contribution in [2.24, 2.45) is 0 Å². The lowest BCUT2D eigenvalue weighted by Gasteiger charge is -2.28. The molecule has 0 bridgehead atoms. The highest BCUT2D eigenvalue weighted by atomic mass is 16.5. The van der Waals surface area contributed by atoms with Crippen LogP contribution >= 0.6 is 0 Å². The minimum atomic E-state index is -1.01. The zero-order valence-electron chi connectivity index (χ0n) is 13.3. The number of benzene rings is 1. The summed E-state index contributed by atoms with van der Waals surface area (Å²) in [4.78, 5) is 23.2. The molecule has 2 rings (SSSR count). The summed E-state index contributed by atoms with van der Waals surface area (Å²) < 4.78 is 5.29. The first kappa shape index (κ1) is 16.5. The Labute approximate surface area is 130 Å². The van der Waals surface area contributed by atoms with Crippen LogP contribution < -0.4 is 5.32 Å². The molecule has 1 saturated heterocycles. The van der Waals surface area contributed by atoms with Gasteiger partial charge in [0.25, 0.3) is 0 Å². The van der Waals surface area contributed by atoms with Crippen molar-refractivity contribution in [2.75, 3.05) is 0 Å². The molecule has 0 aromatic heterocycles.